The molecule has 8 heteroatoms. The third-order valence-corrected chi connectivity index (χ3v) is 6.91. The number of rotatable bonds is 6. The normalized spacial score (nSPS) is 14.6. The molecule has 0 bridgehead atoms. The van der Waals surface area contributed by atoms with Crippen molar-refractivity contribution >= 4 is 45.8 Å². The van der Waals surface area contributed by atoms with E-state index in [-0.39, 0.29) is 5.91 Å². The first-order valence-electron chi connectivity index (χ1n) is 10.3. The van der Waals surface area contributed by atoms with Crippen LogP contribution in [0.3, 0.4) is 0 Å². The number of halogens is 2. The van der Waals surface area contributed by atoms with Gasteiger partial charge in [0.2, 0.25) is 5.13 Å². The zero-order valence-corrected chi connectivity index (χ0v) is 19.6. The van der Waals surface area contributed by atoms with E-state index in [1.165, 1.54) is 22.7 Å². The number of anilines is 1. The SMILES string of the molecule is Cc1ccc(Cc2nsc(N3CCC(CNC(=O)c4ccc(Cl)cc4Cl)CC3)n2)cc1. The molecule has 4 rings (SSSR count). The van der Waals surface area contributed by atoms with Gasteiger partial charge in [0.05, 0.1) is 10.6 Å². The summed E-state index contributed by atoms with van der Waals surface area (Å²) in [7, 11) is 0. The van der Waals surface area contributed by atoms with Gasteiger partial charge in [-0.2, -0.15) is 4.37 Å². The number of piperidine rings is 1. The minimum atomic E-state index is -0.158. The molecule has 1 aliphatic rings. The van der Waals surface area contributed by atoms with Crippen molar-refractivity contribution in [1.29, 1.82) is 0 Å². The molecule has 1 saturated heterocycles. The van der Waals surface area contributed by atoms with E-state index in [2.05, 4.69) is 45.8 Å². The van der Waals surface area contributed by atoms with Crippen LogP contribution in [0.15, 0.2) is 42.5 Å². The molecule has 2 aromatic carbocycles. The van der Waals surface area contributed by atoms with E-state index >= 15 is 0 Å². The molecule has 3 aromatic rings. The van der Waals surface area contributed by atoms with Crippen LogP contribution in [0.2, 0.25) is 10.0 Å². The van der Waals surface area contributed by atoms with E-state index in [1.54, 1.807) is 18.2 Å². The fourth-order valence-corrected chi connectivity index (χ4v) is 4.90. The molecule has 1 aromatic heterocycles. The molecule has 2 heterocycles. The van der Waals surface area contributed by atoms with Crippen molar-refractivity contribution in [3.8, 4) is 0 Å². The van der Waals surface area contributed by atoms with Crippen molar-refractivity contribution in [2.45, 2.75) is 26.2 Å². The van der Waals surface area contributed by atoms with Gasteiger partial charge >= 0.3 is 0 Å². The second-order valence-corrected chi connectivity index (χ2v) is 9.49. The summed E-state index contributed by atoms with van der Waals surface area (Å²) in [6.45, 7) is 4.56. The molecule has 1 amide bonds. The number of nitrogens with zero attached hydrogens (tertiary/aromatic N) is 3. The lowest BCUT2D eigenvalue weighted by Gasteiger charge is -2.31. The average Bonchev–Trinajstić information content (AvgIpc) is 3.22. The van der Waals surface area contributed by atoms with Gasteiger partial charge in [-0.25, -0.2) is 4.98 Å². The third-order valence-electron chi connectivity index (χ3n) is 5.55. The van der Waals surface area contributed by atoms with Crippen molar-refractivity contribution in [2.24, 2.45) is 5.92 Å². The van der Waals surface area contributed by atoms with Gasteiger partial charge in [-0.05, 0) is 49.4 Å². The lowest BCUT2D eigenvalue weighted by molar-refractivity contribution is 0.0945. The van der Waals surface area contributed by atoms with Crippen LogP contribution in [0.4, 0.5) is 5.13 Å². The number of nitrogens with one attached hydrogen (secondary N) is 1. The highest BCUT2D eigenvalue weighted by molar-refractivity contribution is 7.09. The summed E-state index contributed by atoms with van der Waals surface area (Å²) < 4.78 is 4.55. The van der Waals surface area contributed by atoms with E-state index in [0.717, 1.165) is 43.3 Å². The fraction of sp³-hybridized carbons (Fsp3) is 0.348. The summed E-state index contributed by atoms with van der Waals surface area (Å²) in [6, 6.07) is 13.4. The first-order valence-corrected chi connectivity index (χ1v) is 11.9. The van der Waals surface area contributed by atoms with Crippen molar-refractivity contribution in [2.75, 3.05) is 24.5 Å². The van der Waals surface area contributed by atoms with Crippen molar-refractivity contribution in [3.05, 3.63) is 75.0 Å². The standard InChI is InChI=1S/C23H24Cl2N4OS/c1-15-2-4-16(5-3-15)12-21-27-23(31-28-21)29-10-8-17(9-11-29)14-26-22(30)19-7-6-18(24)13-20(19)25/h2-7,13,17H,8-12,14H2,1H3,(H,26,30). The van der Waals surface area contributed by atoms with Crippen molar-refractivity contribution in [3.63, 3.8) is 0 Å². The Hall–Kier alpha value is -2.15. The lowest BCUT2D eigenvalue weighted by Crippen LogP contribution is -2.38. The Bertz CT molecular complexity index is 1050. The van der Waals surface area contributed by atoms with Crippen LogP contribution in [0.25, 0.3) is 0 Å². The number of hydrogen-bond donors (Lipinski definition) is 1. The average molecular weight is 475 g/mol. The summed E-state index contributed by atoms with van der Waals surface area (Å²) in [5.74, 6) is 1.15. The van der Waals surface area contributed by atoms with Crippen LogP contribution in [-0.2, 0) is 6.42 Å². The van der Waals surface area contributed by atoms with Crippen LogP contribution in [-0.4, -0.2) is 34.9 Å². The number of aryl methyl sites for hydroxylation is 1. The molecule has 1 N–H and O–H groups in total. The zero-order valence-electron chi connectivity index (χ0n) is 17.3. The molecule has 31 heavy (non-hydrogen) atoms. The molecule has 1 fully saturated rings. The summed E-state index contributed by atoms with van der Waals surface area (Å²) in [6.07, 6.45) is 2.76. The first kappa shape index (κ1) is 22.1. The quantitative estimate of drug-likeness (QED) is 0.520. The number of aromatic nitrogens is 2. The Balaban J connectivity index is 1.25. The monoisotopic (exact) mass is 474 g/mol. The van der Waals surface area contributed by atoms with Gasteiger partial charge in [0.15, 0.2) is 0 Å². The maximum atomic E-state index is 12.4. The molecule has 162 valence electrons. The highest BCUT2D eigenvalue weighted by atomic mass is 35.5. The molecule has 0 aliphatic carbocycles. The van der Waals surface area contributed by atoms with Gasteiger partial charge in [0, 0.05) is 42.6 Å². The summed E-state index contributed by atoms with van der Waals surface area (Å²) in [5.41, 5.74) is 2.94. The molecule has 0 unspecified atom stereocenters. The number of amides is 1. The van der Waals surface area contributed by atoms with Gasteiger partial charge in [-0.15, -0.1) is 0 Å². The maximum Gasteiger partial charge on any atom is 0.252 e. The number of hydrogen-bond acceptors (Lipinski definition) is 5. The smallest absolute Gasteiger partial charge is 0.252 e. The molecule has 0 saturated carbocycles. The number of carbonyl (C=O) groups is 1. The van der Waals surface area contributed by atoms with Crippen LogP contribution < -0.4 is 10.2 Å². The topological polar surface area (TPSA) is 58.1 Å². The molecular formula is C23H24Cl2N4OS. The van der Waals surface area contributed by atoms with Gasteiger partial charge in [-0.1, -0.05) is 53.0 Å². The first-order chi connectivity index (χ1) is 15.0. The minimum Gasteiger partial charge on any atom is -0.352 e. The molecule has 0 radical (unpaired) electrons. The molecule has 5 nitrogen and oxygen atoms in total. The molecule has 0 spiro atoms. The van der Waals surface area contributed by atoms with E-state index in [0.29, 0.717) is 28.1 Å². The van der Waals surface area contributed by atoms with E-state index < -0.39 is 0 Å². The Labute approximate surface area is 196 Å². The van der Waals surface area contributed by atoms with Gasteiger partial charge in [0.25, 0.3) is 5.91 Å². The maximum absolute atomic E-state index is 12.4. The number of benzene rings is 2. The van der Waals surface area contributed by atoms with Gasteiger partial charge in [-0.3, -0.25) is 4.79 Å². The summed E-state index contributed by atoms with van der Waals surface area (Å²) >= 11 is 13.5. The molecular weight excluding hydrogens is 451 g/mol. The Morgan fingerprint density at radius 1 is 1.16 bits per heavy atom. The zero-order chi connectivity index (χ0) is 21.8. The van der Waals surface area contributed by atoms with Crippen LogP contribution in [0, 0.1) is 12.8 Å². The second-order valence-electron chi connectivity index (χ2n) is 7.92. The van der Waals surface area contributed by atoms with Crippen LogP contribution in [0.1, 0.15) is 40.2 Å². The predicted octanol–water partition coefficient (Wildman–Crippen LogP) is 5.39. The molecule has 0 atom stereocenters. The van der Waals surface area contributed by atoms with Crippen LogP contribution in [0.5, 0.6) is 0 Å². The third kappa shape index (κ3) is 5.76. The van der Waals surface area contributed by atoms with E-state index in [4.69, 9.17) is 28.2 Å². The lowest BCUT2D eigenvalue weighted by atomic mass is 9.97. The van der Waals surface area contributed by atoms with Gasteiger partial charge in [0.1, 0.15) is 5.82 Å². The highest BCUT2D eigenvalue weighted by Crippen LogP contribution is 2.26. The predicted molar refractivity (Wildman–Crippen MR) is 128 cm³/mol. The largest absolute Gasteiger partial charge is 0.352 e. The summed E-state index contributed by atoms with van der Waals surface area (Å²) in [5, 5.41) is 4.89. The van der Waals surface area contributed by atoms with E-state index in [9.17, 15) is 4.79 Å². The Kier molecular flexibility index (Phi) is 7.10. The highest BCUT2D eigenvalue weighted by Gasteiger charge is 2.23. The van der Waals surface area contributed by atoms with E-state index in [1.807, 2.05) is 0 Å². The Morgan fingerprint density at radius 2 is 1.90 bits per heavy atom. The minimum absolute atomic E-state index is 0.158. The fourth-order valence-electron chi connectivity index (χ4n) is 3.67. The second kappa shape index (κ2) is 9.98. The molecule has 1 aliphatic heterocycles. The van der Waals surface area contributed by atoms with Gasteiger partial charge < -0.3 is 10.2 Å². The van der Waals surface area contributed by atoms with Crippen molar-refractivity contribution in [1.82, 2.24) is 14.7 Å². The number of carbonyl (C=O) groups excluding carboxylic acids is 1. The summed E-state index contributed by atoms with van der Waals surface area (Å²) in [4.78, 5) is 19.5. The Morgan fingerprint density at radius 3 is 2.61 bits per heavy atom. The van der Waals surface area contributed by atoms with Crippen molar-refractivity contribution < 1.29 is 4.79 Å². The van der Waals surface area contributed by atoms with Crippen LogP contribution >= 0.6 is 34.7 Å².